The molecule has 8 nitrogen and oxygen atoms in total. The highest BCUT2D eigenvalue weighted by atomic mass is 16.4. The van der Waals surface area contributed by atoms with Gasteiger partial charge in [0.1, 0.15) is 17.4 Å². The minimum Gasteiger partial charge on any atom is -0.444 e. The monoisotopic (exact) mass is 361 g/mol. The lowest BCUT2D eigenvalue weighted by Crippen LogP contribution is -2.54. The molecule has 1 saturated heterocycles. The van der Waals surface area contributed by atoms with E-state index in [9.17, 15) is 14.9 Å². The number of carbonyl (C=O) groups is 2. The van der Waals surface area contributed by atoms with Gasteiger partial charge in [-0.25, -0.2) is 0 Å². The molecule has 1 atom stereocenters. The van der Waals surface area contributed by atoms with Crippen molar-refractivity contribution in [1.82, 2.24) is 15.1 Å². The van der Waals surface area contributed by atoms with E-state index in [1.165, 1.54) is 0 Å². The SMILES string of the molecule is CCNC(=O)CN1CCN(C(C)C(=O)Nc2oc(C)c(C)c2C#N)CC1. The number of likely N-dealkylation sites (N-methyl/N-ethyl adjacent to an activating group) is 1. The Hall–Kier alpha value is -2.37. The molecule has 1 aliphatic heterocycles. The lowest BCUT2D eigenvalue weighted by molar-refractivity contribution is -0.124. The molecule has 1 aromatic rings. The second kappa shape index (κ2) is 8.83. The smallest absolute Gasteiger partial charge is 0.243 e. The Balaban J connectivity index is 1.89. The van der Waals surface area contributed by atoms with Gasteiger partial charge in [-0.3, -0.25) is 24.7 Å². The Morgan fingerprint density at radius 2 is 1.92 bits per heavy atom. The average molecular weight is 361 g/mol. The predicted molar refractivity (Wildman–Crippen MR) is 97.7 cm³/mol. The summed E-state index contributed by atoms with van der Waals surface area (Å²) in [6.07, 6.45) is 0. The Labute approximate surface area is 154 Å². The van der Waals surface area contributed by atoms with Gasteiger partial charge in [-0.2, -0.15) is 5.26 Å². The van der Waals surface area contributed by atoms with E-state index in [0.717, 1.165) is 18.7 Å². The summed E-state index contributed by atoms with van der Waals surface area (Å²) >= 11 is 0. The van der Waals surface area contributed by atoms with E-state index >= 15 is 0 Å². The third-order valence-electron chi connectivity index (χ3n) is 4.81. The molecule has 0 saturated carbocycles. The molecule has 8 heteroatoms. The average Bonchev–Trinajstić information content (AvgIpc) is 2.88. The van der Waals surface area contributed by atoms with Crippen molar-refractivity contribution in [3.8, 4) is 6.07 Å². The minimum atomic E-state index is -0.348. The molecular formula is C18H27N5O3. The number of piperazine rings is 1. The van der Waals surface area contributed by atoms with Crippen LogP contribution < -0.4 is 10.6 Å². The summed E-state index contributed by atoms with van der Waals surface area (Å²) in [5.41, 5.74) is 1.12. The van der Waals surface area contributed by atoms with Crippen LogP contribution in [-0.2, 0) is 9.59 Å². The number of anilines is 1. The van der Waals surface area contributed by atoms with Gasteiger partial charge in [-0.05, 0) is 27.7 Å². The van der Waals surface area contributed by atoms with Gasteiger partial charge in [0.25, 0.3) is 0 Å². The van der Waals surface area contributed by atoms with Gasteiger partial charge in [0.2, 0.25) is 17.7 Å². The molecule has 2 N–H and O–H groups in total. The number of furan rings is 1. The zero-order chi connectivity index (χ0) is 19.3. The Morgan fingerprint density at radius 3 is 2.50 bits per heavy atom. The number of amides is 2. The van der Waals surface area contributed by atoms with Crippen LogP contribution in [0.4, 0.5) is 5.88 Å². The third kappa shape index (κ3) is 4.62. The van der Waals surface area contributed by atoms with Gasteiger partial charge in [0, 0.05) is 38.3 Å². The van der Waals surface area contributed by atoms with Crippen molar-refractivity contribution in [3.63, 3.8) is 0 Å². The second-order valence-corrected chi connectivity index (χ2v) is 6.53. The first-order valence-electron chi connectivity index (χ1n) is 8.91. The molecule has 0 radical (unpaired) electrons. The van der Waals surface area contributed by atoms with Crippen molar-refractivity contribution in [2.45, 2.75) is 33.7 Å². The van der Waals surface area contributed by atoms with Gasteiger partial charge in [0.05, 0.1) is 12.6 Å². The van der Waals surface area contributed by atoms with Crippen LogP contribution >= 0.6 is 0 Å². The zero-order valence-corrected chi connectivity index (χ0v) is 15.9. The molecular weight excluding hydrogens is 334 g/mol. The molecule has 2 heterocycles. The fraction of sp³-hybridized carbons (Fsp3) is 0.611. The highest BCUT2D eigenvalue weighted by Gasteiger charge is 2.27. The zero-order valence-electron chi connectivity index (χ0n) is 15.9. The maximum absolute atomic E-state index is 12.5. The quantitative estimate of drug-likeness (QED) is 0.779. The molecule has 142 valence electrons. The summed E-state index contributed by atoms with van der Waals surface area (Å²) in [6.45, 7) is 11.2. The van der Waals surface area contributed by atoms with E-state index in [0.29, 0.717) is 37.5 Å². The predicted octanol–water partition coefficient (Wildman–Crippen LogP) is 0.849. The Bertz CT molecular complexity index is 698. The summed E-state index contributed by atoms with van der Waals surface area (Å²) in [6, 6.07) is 1.73. The summed E-state index contributed by atoms with van der Waals surface area (Å²) in [5, 5.41) is 14.8. The van der Waals surface area contributed by atoms with Gasteiger partial charge in [-0.15, -0.1) is 0 Å². The molecule has 0 aromatic carbocycles. The van der Waals surface area contributed by atoms with Gasteiger partial charge < -0.3 is 9.73 Å². The van der Waals surface area contributed by atoms with Crippen LogP contribution in [0, 0.1) is 25.2 Å². The Kier molecular flexibility index (Phi) is 6.77. The second-order valence-electron chi connectivity index (χ2n) is 6.53. The van der Waals surface area contributed by atoms with Crippen molar-refractivity contribution in [3.05, 3.63) is 16.9 Å². The van der Waals surface area contributed by atoms with Crippen molar-refractivity contribution in [2.75, 3.05) is 44.6 Å². The highest BCUT2D eigenvalue weighted by Crippen LogP contribution is 2.25. The Morgan fingerprint density at radius 1 is 1.27 bits per heavy atom. The number of aryl methyl sites for hydroxylation is 1. The van der Waals surface area contributed by atoms with E-state index in [1.807, 2.05) is 13.8 Å². The van der Waals surface area contributed by atoms with Crippen LogP contribution in [0.15, 0.2) is 4.42 Å². The van der Waals surface area contributed by atoms with Gasteiger partial charge in [-0.1, -0.05) is 0 Å². The number of carbonyl (C=O) groups excluding carboxylic acids is 2. The lowest BCUT2D eigenvalue weighted by Gasteiger charge is -2.36. The van der Waals surface area contributed by atoms with Crippen LogP contribution in [0.3, 0.4) is 0 Å². The molecule has 1 aliphatic rings. The molecule has 0 bridgehead atoms. The number of nitriles is 1. The van der Waals surface area contributed by atoms with Crippen LogP contribution in [0.5, 0.6) is 0 Å². The maximum atomic E-state index is 12.5. The number of hydrogen-bond acceptors (Lipinski definition) is 6. The number of nitrogens with one attached hydrogen (secondary N) is 2. The van der Waals surface area contributed by atoms with Crippen LogP contribution in [0.1, 0.15) is 30.7 Å². The number of rotatable bonds is 6. The van der Waals surface area contributed by atoms with Gasteiger partial charge in [0.15, 0.2) is 0 Å². The fourth-order valence-corrected chi connectivity index (χ4v) is 3.00. The number of nitrogens with zero attached hydrogens (tertiary/aromatic N) is 3. The van der Waals surface area contributed by atoms with Crippen molar-refractivity contribution in [1.29, 1.82) is 5.26 Å². The topological polar surface area (TPSA) is 102 Å². The normalized spacial score (nSPS) is 16.7. The molecule has 0 spiro atoms. The highest BCUT2D eigenvalue weighted by molar-refractivity contribution is 5.94. The third-order valence-corrected chi connectivity index (χ3v) is 4.81. The standard InChI is InChI=1S/C18H27N5O3/c1-5-20-16(24)11-22-6-8-23(9-7-22)13(3)17(25)21-18-15(10-19)12(2)14(4)26-18/h13H,5-9,11H2,1-4H3,(H,20,24)(H,21,25). The van der Waals surface area contributed by atoms with Crippen molar-refractivity contribution in [2.24, 2.45) is 0 Å². The summed E-state index contributed by atoms with van der Waals surface area (Å²) in [7, 11) is 0. The fourth-order valence-electron chi connectivity index (χ4n) is 3.00. The first-order chi connectivity index (χ1) is 12.4. The molecule has 1 unspecified atom stereocenters. The lowest BCUT2D eigenvalue weighted by atomic mass is 10.1. The summed E-state index contributed by atoms with van der Waals surface area (Å²) in [4.78, 5) is 28.4. The first-order valence-corrected chi connectivity index (χ1v) is 8.91. The molecule has 1 aromatic heterocycles. The minimum absolute atomic E-state index is 0.0272. The molecule has 0 aliphatic carbocycles. The van der Waals surface area contributed by atoms with Crippen molar-refractivity contribution < 1.29 is 14.0 Å². The largest absolute Gasteiger partial charge is 0.444 e. The number of hydrogen-bond donors (Lipinski definition) is 2. The first kappa shape index (κ1) is 19.9. The van der Waals surface area contributed by atoms with Crippen LogP contribution in [-0.4, -0.2) is 66.9 Å². The summed E-state index contributed by atoms with van der Waals surface area (Å²) < 4.78 is 5.50. The molecule has 26 heavy (non-hydrogen) atoms. The van der Waals surface area contributed by atoms with Crippen molar-refractivity contribution >= 4 is 17.7 Å². The van der Waals surface area contributed by atoms with E-state index in [1.54, 1.807) is 13.8 Å². The molecule has 2 rings (SSSR count). The van der Waals surface area contributed by atoms with E-state index < -0.39 is 0 Å². The van der Waals surface area contributed by atoms with E-state index in [-0.39, 0.29) is 23.7 Å². The van der Waals surface area contributed by atoms with Gasteiger partial charge >= 0.3 is 0 Å². The molecule has 2 amide bonds. The maximum Gasteiger partial charge on any atom is 0.243 e. The molecule has 1 fully saturated rings. The van der Waals surface area contributed by atoms with E-state index in [4.69, 9.17) is 4.42 Å². The van der Waals surface area contributed by atoms with Crippen LogP contribution in [0.2, 0.25) is 0 Å². The summed E-state index contributed by atoms with van der Waals surface area (Å²) in [5.74, 6) is 0.671. The van der Waals surface area contributed by atoms with Crippen LogP contribution in [0.25, 0.3) is 0 Å². The van der Waals surface area contributed by atoms with E-state index in [2.05, 4.69) is 26.5 Å².